The number of ether oxygens (including phenoxy) is 1. The highest BCUT2D eigenvalue weighted by Crippen LogP contribution is 2.40. The molecule has 0 atom stereocenters. The van der Waals surface area contributed by atoms with Crippen LogP contribution >= 0.6 is 0 Å². The number of fused-ring (bicyclic) bond motifs is 1. The second-order valence-corrected chi connectivity index (χ2v) is 7.43. The van der Waals surface area contributed by atoms with E-state index in [1.54, 1.807) is 0 Å². The van der Waals surface area contributed by atoms with E-state index in [1.165, 1.54) is 0 Å². The van der Waals surface area contributed by atoms with Gasteiger partial charge in [-0.05, 0) is 19.3 Å². The summed E-state index contributed by atoms with van der Waals surface area (Å²) in [6, 6.07) is 0. The molecule has 1 aromatic rings. The molecule has 2 saturated heterocycles. The first-order chi connectivity index (χ1) is 12.1. The quantitative estimate of drug-likeness (QED) is 0.821. The lowest BCUT2D eigenvalue weighted by molar-refractivity contribution is 0.0365. The van der Waals surface area contributed by atoms with Gasteiger partial charge in [0.1, 0.15) is 22.9 Å². The number of aromatic nitrogens is 2. The summed E-state index contributed by atoms with van der Waals surface area (Å²) in [5, 5.41) is 5.65. The van der Waals surface area contributed by atoms with Crippen LogP contribution in [0.4, 0.5) is 10.6 Å². The lowest BCUT2D eigenvalue weighted by atomic mass is 9.91. The number of piperidine rings is 1. The van der Waals surface area contributed by atoms with Gasteiger partial charge in [0.05, 0.1) is 6.54 Å². The van der Waals surface area contributed by atoms with Crippen LogP contribution in [0.1, 0.15) is 53.5 Å². The predicted molar refractivity (Wildman–Crippen MR) is 88.7 cm³/mol. The van der Waals surface area contributed by atoms with Crippen molar-refractivity contribution >= 4 is 17.8 Å². The Morgan fingerprint density at radius 3 is 2.60 bits per heavy atom. The number of rotatable bonds is 2. The number of amides is 2. The fourth-order valence-electron chi connectivity index (χ4n) is 3.98. The summed E-state index contributed by atoms with van der Waals surface area (Å²) in [6.45, 7) is 2.75. The van der Waals surface area contributed by atoms with E-state index in [4.69, 9.17) is 9.72 Å². The van der Waals surface area contributed by atoms with E-state index in [9.17, 15) is 9.59 Å². The van der Waals surface area contributed by atoms with Crippen molar-refractivity contribution < 1.29 is 14.3 Å². The Morgan fingerprint density at radius 1 is 1.12 bits per heavy atom. The Balaban J connectivity index is 1.45. The third-order valence-electron chi connectivity index (χ3n) is 5.66. The molecule has 0 radical (unpaired) electrons. The normalized spacial score (nSPS) is 24.6. The summed E-state index contributed by atoms with van der Waals surface area (Å²) in [7, 11) is 0. The molecule has 25 heavy (non-hydrogen) atoms. The largest absolute Gasteiger partial charge is 0.441 e. The molecule has 0 unspecified atom stereocenters. The van der Waals surface area contributed by atoms with Gasteiger partial charge in [-0.1, -0.05) is 0 Å². The van der Waals surface area contributed by atoms with E-state index in [0.29, 0.717) is 24.7 Å². The molecule has 3 fully saturated rings. The lowest BCUT2D eigenvalue weighted by Gasteiger charge is -2.39. The Labute approximate surface area is 145 Å². The van der Waals surface area contributed by atoms with Gasteiger partial charge < -0.3 is 20.3 Å². The standard InChI is InChI=1S/C17H21N5O3/c23-15-12-11(3-6-18-15)14(21-13(20-12)10-1-2-10)22-7-4-17(5-8-22)9-19-16(24)25-17/h10H,1-9H2,(H,18,23)(H,19,24). The van der Waals surface area contributed by atoms with E-state index in [-0.39, 0.29) is 17.6 Å². The van der Waals surface area contributed by atoms with Crippen LogP contribution in [0.5, 0.6) is 0 Å². The molecule has 4 heterocycles. The summed E-state index contributed by atoms with van der Waals surface area (Å²) in [6.07, 6.45) is 4.19. The van der Waals surface area contributed by atoms with Gasteiger partial charge in [-0.2, -0.15) is 0 Å². The molecule has 0 aromatic carbocycles. The van der Waals surface area contributed by atoms with Gasteiger partial charge in [0, 0.05) is 44.0 Å². The van der Waals surface area contributed by atoms with Crippen LogP contribution in [0, 0.1) is 0 Å². The summed E-state index contributed by atoms with van der Waals surface area (Å²) >= 11 is 0. The average Bonchev–Trinajstić information content (AvgIpc) is 3.40. The van der Waals surface area contributed by atoms with Crippen LogP contribution in [0.2, 0.25) is 0 Å². The van der Waals surface area contributed by atoms with Gasteiger partial charge in [-0.25, -0.2) is 14.8 Å². The van der Waals surface area contributed by atoms with Crippen molar-refractivity contribution in [3.8, 4) is 0 Å². The number of hydrogen-bond acceptors (Lipinski definition) is 6. The van der Waals surface area contributed by atoms with Crippen molar-refractivity contribution in [1.82, 2.24) is 20.6 Å². The first kappa shape index (κ1) is 14.9. The van der Waals surface area contributed by atoms with E-state index in [0.717, 1.165) is 62.4 Å². The molecule has 4 aliphatic rings. The molecule has 3 aliphatic heterocycles. The van der Waals surface area contributed by atoms with Crippen LogP contribution < -0.4 is 15.5 Å². The summed E-state index contributed by atoms with van der Waals surface area (Å²) in [4.78, 5) is 35.3. The number of hydrogen-bond donors (Lipinski definition) is 2. The van der Waals surface area contributed by atoms with Gasteiger partial charge >= 0.3 is 6.09 Å². The van der Waals surface area contributed by atoms with Crippen molar-refractivity contribution in [2.45, 2.75) is 43.6 Å². The lowest BCUT2D eigenvalue weighted by Crippen LogP contribution is -2.47. The van der Waals surface area contributed by atoms with Crippen molar-refractivity contribution in [2.24, 2.45) is 0 Å². The summed E-state index contributed by atoms with van der Waals surface area (Å²) in [5.74, 6) is 2.03. The second-order valence-electron chi connectivity index (χ2n) is 7.43. The minimum atomic E-state index is -0.378. The zero-order chi connectivity index (χ0) is 17.0. The zero-order valence-corrected chi connectivity index (χ0v) is 14.0. The molecular weight excluding hydrogens is 322 g/mol. The molecule has 1 aromatic heterocycles. The second kappa shape index (κ2) is 5.31. The molecule has 2 N–H and O–H groups in total. The van der Waals surface area contributed by atoms with Crippen LogP contribution in [0.3, 0.4) is 0 Å². The van der Waals surface area contributed by atoms with E-state index >= 15 is 0 Å². The van der Waals surface area contributed by atoms with Crippen LogP contribution in [-0.4, -0.2) is 53.7 Å². The minimum Gasteiger partial charge on any atom is -0.441 e. The van der Waals surface area contributed by atoms with Gasteiger partial charge in [0.2, 0.25) is 0 Å². The van der Waals surface area contributed by atoms with Gasteiger partial charge in [0.25, 0.3) is 5.91 Å². The van der Waals surface area contributed by atoms with Crippen molar-refractivity contribution in [1.29, 1.82) is 0 Å². The molecule has 8 nitrogen and oxygen atoms in total. The average molecular weight is 343 g/mol. The molecule has 1 aliphatic carbocycles. The highest BCUT2D eigenvalue weighted by molar-refractivity contribution is 5.96. The van der Waals surface area contributed by atoms with Crippen molar-refractivity contribution in [2.75, 3.05) is 31.1 Å². The highest BCUT2D eigenvalue weighted by atomic mass is 16.6. The Kier molecular flexibility index (Phi) is 3.17. The molecule has 5 rings (SSSR count). The first-order valence-electron chi connectivity index (χ1n) is 9.04. The predicted octanol–water partition coefficient (Wildman–Crippen LogP) is 0.719. The summed E-state index contributed by atoms with van der Waals surface area (Å²) < 4.78 is 5.50. The number of carbonyl (C=O) groups excluding carboxylic acids is 2. The Hall–Kier alpha value is -2.38. The molecule has 0 bridgehead atoms. The van der Waals surface area contributed by atoms with Gasteiger partial charge in [-0.15, -0.1) is 0 Å². The highest BCUT2D eigenvalue weighted by Gasteiger charge is 2.44. The van der Waals surface area contributed by atoms with Gasteiger partial charge in [-0.3, -0.25) is 4.79 Å². The first-order valence-corrected chi connectivity index (χ1v) is 9.04. The van der Waals surface area contributed by atoms with Crippen molar-refractivity contribution in [3.05, 3.63) is 17.1 Å². The van der Waals surface area contributed by atoms with Crippen LogP contribution in [-0.2, 0) is 11.2 Å². The Morgan fingerprint density at radius 2 is 1.92 bits per heavy atom. The third-order valence-corrected chi connectivity index (χ3v) is 5.66. The number of carbonyl (C=O) groups is 2. The minimum absolute atomic E-state index is 0.0887. The number of alkyl carbamates (subject to hydrolysis) is 1. The van der Waals surface area contributed by atoms with Crippen LogP contribution in [0.25, 0.3) is 0 Å². The molecular formula is C17H21N5O3. The van der Waals surface area contributed by atoms with E-state index in [1.807, 2.05) is 0 Å². The maximum Gasteiger partial charge on any atom is 0.407 e. The Bertz CT molecular complexity index is 753. The SMILES string of the molecule is O=C1NCC2(CCN(c3nc(C4CC4)nc4c3CCNC4=O)CC2)O1. The molecule has 8 heteroatoms. The molecule has 132 valence electrons. The molecule has 2 amide bonds. The number of nitrogens with zero attached hydrogens (tertiary/aromatic N) is 3. The topological polar surface area (TPSA) is 96.5 Å². The zero-order valence-electron chi connectivity index (χ0n) is 14.0. The monoisotopic (exact) mass is 343 g/mol. The maximum absolute atomic E-state index is 12.3. The number of nitrogens with one attached hydrogen (secondary N) is 2. The maximum atomic E-state index is 12.3. The van der Waals surface area contributed by atoms with Crippen molar-refractivity contribution in [3.63, 3.8) is 0 Å². The van der Waals surface area contributed by atoms with E-state index in [2.05, 4.69) is 20.5 Å². The molecule has 1 saturated carbocycles. The van der Waals surface area contributed by atoms with Crippen LogP contribution in [0.15, 0.2) is 0 Å². The third kappa shape index (κ3) is 2.51. The van der Waals surface area contributed by atoms with E-state index < -0.39 is 0 Å². The smallest absolute Gasteiger partial charge is 0.407 e. The fourth-order valence-corrected chi connectivity index (χ4v) is 3.98. The molecule has 1 spiro atoms. The fraction of sp³-hybridized carbons (Fsp3) is 0.647. The number of anilines is 1. The van der Waals surface area contributed by atoms with Gasteiger partial charge in [0.15, 0.2) is 0 Å². The summed E-state index contributed by atoms with van der Waals surface area (Å²) in [5.41, 5.74) is 1.13.